The van der Waals surface area contributed by atoms with Gasteiger partial charge in [0.05, 0.1) is 5.69 Å². The second-order valence-corrected chi connectivity index (χ2v) is 5.30. The van der Waals surface area contributed by atoms with Crippen molar-refractivity contribution in [1.29, 1.82) is 0 Å². The Labute approximate surface area is 107 Å². The van der Waals surface area contributed by atoms with Crippen molar-refractivity contribution >= 4 is 5.82 Å². The average Bonchev–Trinajstić information content (AvgIpc) is 2.73. The van der Waals surface area contributed by atoms with E-state index in [2.05, 4.69) is 41.2 Å². The summed E-state index contributed by atoms with van der Waals surface area (Å²) in [6, 6.07) is 3.90. The lowest BCUT2D eigenvalue weighted by Gasteiger charge is -2.19. The van der Waals surface area contributed by atoms with Gasteiger partial charge in [0.2, 0.25) is 0 Å². The summed E-state index contributed by atoms with van der Waals surface area (Å²) >= 11 is 0. The third kappa shape index (κ3) is 2.34. The summed E-state index contributed by atoms with van der Waals surface area (Å²) in [4.78, 5) is 9.13. The molecule has 0 aliphatic heterocycles. The third-order valence-corrected chi connectivity index (χ3v) is 2.80. The van der Waals surface area contributed by atoms with Crippen LogP contribution in [0.25, 0.3) is 11.5 Å². The molecule has 0 bridgehead atoms. The van der Waals surface area contributed by atoms with Crippen LogP contribution in [0.2, 0.25) is 0 Å². The van der Waals surface area contributed by atoms with E-state index in [0.717, 1.165) is 17.2 Å². The summed E-state index contributed by atoms with van der Waals surface area (Å²) in [5.41, 5.74) is 1.91. The highest BCUT2D eigenvalue weighted by atomic mass is 15.3. The van der Waals surface area contributed by atoms with Crippen LogP contribution in [0, 0.1) is 0 Å². The van der Waals surface area contributed by atoms with E-state index in [4.69, 9.17) is 0 Å². The molecule has 2 heterocycles. The summed E-state index contributed by atoms with van der Waals surface area (Å²) in [5, 5.41) is 7.24. The normalized spacial score (nSPS) is 11.6. The molecule has 1 N–H and O–H groups in total. The maximum absolute atomic E-state index is 4.64. The number of aryl methyl sites for hydroxylation is 1. The van der Waals surface area contributed by atoms with Crippen molar-refractivity contribution in [3.8, 4) is 11.5 Å². The average molecular weight is 245 g/mol. The van der Waals surface area contributed by atoms with Crippen LogP contribution < -0.4 is 5.32 Å². The van der Waals surface area contributed by atoms with Gasteiger partial charge in [-0.25, -0.2) is 9.97 Å². The highest BCUT2D eigenvalue weighted by Gasteiger charge is 2.19. The van der Waals surface area contributed by atoms with Crippen molar-refractivity contribution in [1.82, 2.24) is 19.7 Å². The molecule has 0 aliphatic rings. The van der Waals surface area contributed by atoms with E-state index in [1.165, 1.54) is 0 Å². The number of hydrogen-bond acceptors (Lipinski definition) is 4. The van der Waals surface area contributed by atoms with Crippen molar-refractivity contribution in [3.63, 3.8) is 0 Å². The van der Waals surface area contributed by atoms with E-state index in [1.807, 2.05) is 26.2 Å². The van der Waals surface area contributed by atoms with Crippen LogP contribution in [0.5, 0.6) is 0 Å². The van der Waals surface area contributed by atoms with Gasteiger partial charge in [-0.1, -0.05) is 20.8 Å². The van der Waals surface area contributed by atoms with Gasteiger partial charge in [0.1, 0.15) is 11.5 Å². The van der Waals surface area contributed by atoms with Gasteiger partial charge in [0.25, 0.3) is 0 Å². The first-order valence-corrected chi connectivity index (χ1v) is 5.97. The summed E-state index contributed by atoms with van der Waals surface area (Å²) < 4.78 is 1.78. The SMILES string of the molecule is CNc1cc(C(C)(C)C)nc(-c2ccnn2C)n1. The maximum atomic E-state index is 4.64. The minimum absolute atomic E-state index is 0.0120. The van der Waals surface area contributed by atoms with E-state index in [-0.39, 0.29) is 5.41 Å². The van der Waals surface area contributed by atoms with E-state index in [1.54, 1.807) is 10.9 Å². The molecule has 0 aliphatic carbocycles. The fourth-order valence-corrected chi connectivity index (χ4v) is 1.67. The third-order valence-electron chi connectivity index (χ3n) is 2.80. The molecular weight excluding hydrogens is 226 g/mol. The van der Waals surface area contributed by atoms with Crippen molar-refractivity contribution in [3.05, 3.63) is 24.0 Å². The highest BCUT2D eigenvalue weighted by molar-refractivity contribution is 5.53. The second-order valence-electron chi connectivity index (χ2n) is 5.30. The minimum Gasteiger partial charge on any atom is -0.373 e. The lowest BCUT2D eigenvalue weighted by molar-refractivity contribution is 0.567. The Morgan fingerprint density at radius 2 is 1.94 bits per heavy atom. The fraction of sp³-hybridized carbons (Fsp3) is 0.462. The first-order chi connectivity index (χ1) is 8.41. The zero-order chi connectivity index (χ0) is 13.3. The molecule has 5 nitrogen and oxygen atoms in total. The number of aromatic nitrogens is 4. The number of nitrogens with zero attached hydrogens (tertiary/aromatic N) is 4. The van der Waals surface area contributed by atoms with Gasteiger partial charge in [-0.15, -0.1) is 0 Å². The molecule has 0 unspecified atom stereocenters. The molecule has 0 fully saturated rings. The highest BCUT2D eigenvalue weighted by Crippen LogP contribution is 2.25. The van der Waals surface area contributed by atoms with Crippen LogP contribution in [-0.4, -0.2) is 26.8 Å². The van der Waals surface area contributed by atoms with Crippen molar-refractivity contribution in [2.75, 3.05) is 12.4 Å². The van der Waals surface area contributed by atoms with E-state index < -0.39 is 0 Å². The van der Waals surface area contributed by atoms with Gasteiger partial charge in [-0.3, -0.25) is 4.68 Å². The van der Waals surface area contributed by atoms with Crippen molar-refractivity contribution < 1.29 is 0 Å². The lowest BCUT2D eigenvalue weighted by Crippen LogP contribution is -2.15. The van der Waals surface area contributed by atoms with Crippen LogP contribution in [0.3, 0.4) is 0 Å². The molecule has 2 aromatic rings. The Morgan fingerprint density at radius 3 is 2.44 bits per heavy atom. The van der Waals surface area contributed by atoms with Crippen LogP contribution >= 0.6 is 0 Å². The quantitative estimate of drug-likeness (QED) is 0.881. The Balaban J connectivity index is 2.58. The van der Waals surface area contributed by atoms with Crippen LogP contribution in [0.1, 0.15) is 26.5 Å². The molecule has 0 amide bonds. The predicted octanol–water partition coefficient (Wildman–Crippen LogP) is 2.22. The van der Waals surface area contributed by atoms with Crippen LogP contribution in [0.15, 0.2) is 18.3 Å². The maximum Gasteiger partial charge on any atom is 0.180 e. The zero-order valence-corrected chi connectivity index (χ0v) is 11.5. The van der Waals surface area contributed by atoms with Gasteiger partial charge in [0, 0.05) is 31.8 Å². The van der Waals surface area contributed by atoms with Crippen molar-refractivity contribution in [2.24, 2.45) is 7.05 Å². The monoisotopic (exact) mass is 245 g/mol. The molecule has 0 radical (unpaired) electrons. The van der Waals surface area contributed by atoms with E-state index in [9.17, 15) is 0 Å². The standard InChI is InChI=1S/C13H19N5/c1-13(2,3)10-8-11(14-4)17-12(16-10)9-6-7-15-18(9)5/h6-8H,1-5H3,(H,14,16,17). The molecule has 5 heteroatoms. The van der Waals surface area contributed by atoms with Gasteiger partial charge >= 0.3 is 0 Å². The number of anilines is 1. The van der Waals surface area contributed by atoms with Gasteiger partial charge in [0.15, 0.2) is 5.82 Å². The Kier molecular flexibility index (Phi) is 3.07. The molecule has 2 aromatic heterocycles. The molecule has 0 saturated carbocycles. The largest absolute Gasteiger partial charge is 0.373 e. The van der Waals surface area contributed by atoms with Gasteiger partial charge in [-0.05, 0) is 6.07 Å². The minimum atomic E-state index is -0.0120. The first kappa shape index (κ1) is 12.5. The Bertz CT molecular complexity index is 551. The zero-order valence-electron chi connectivity index (χ0n) is 11.5. The fourth-order valence-electron chi connectivity index (χ4n) is 1.67. The van der Waals surface area contributed by atoms with Crippen LogP contribution in [0.4, 0.5) is 5.82 Å². The molecule has 0 spiro atoms. The molecule has 0 saturated heterocycles. The molecular formula is C13H19N5. The van der Waals surface area contributed by atoms with E-state index in [0.29, 0.717) is 5.82 Å². The Morgan fingerprint density at radius 1 is 1.22 bits per heavy atom. The summed E-state index contributed by atoms with van der Waals surface area (Å²) in [5.74, 6) is 1.53. The summed E-state index contributed by atoms with van der Waals surface area (Å²) in [7, 11) is 3.75. The van der Waals surface area contributed by atoms with E-state index >= 15 is 0 Å². The molecule has 0 aromatic carbocycles. The van der Waals surface area contributed by atoms with Gasteiger partial charge in [-0.2, -0.15) is 5.10 Å². The van der Waals surface area contributed by atoms with Crippen molar-refractivity contribution in [2.45, 2.75) is 26.2 Å². The second kappa shape index (κ2) is 4.40. The number of hydrogen-bond donors (Lipinski definition) is 1. The molecule has 96 valence electrons. The molecule has 18 heavy (non-hydrogen) atoms. The predicted molar refractivity (Wildman–Crippen MR) is 72.5 cm³/mol. The lowest BCUT2D eigenvalue weighted by atomic mass is 9.92. The topological polar surface area (TPSA) is 55.6 Å². The smallest absolute Gasteiger partial charge is 0.180 e. The summed E-state index contributed by atoms with van der Waals surface area (Å²) in [6.07, 6.45) is 1.75. The molecule has 2 rings (SSSR count). The molecule has 0 atom stereocenters. The number of rotatable bonds is 2. The number of nitrogens with one attached hydrogen (secondary N) is 1. The summed E-state index contributed by atoms with van der Waals surface area (Å²) in [6.45, 7) is 6.42. The van der Waals surface area contributed by atoms with Gasteiger partial charge < -0.3 is 5.32 Å². The van der Waals surface area contributed by atoms with Crippen LogP contribution in [-0.2, 0) is 12.5 Å². The Hall–Kier alpha value is -1.91. The first-order valence-electron chi connectivity index (χ1n) is 5.97.